The molecule has 2 aromatic rings. The number of hydrogen-bond acceptors (Lipinski definition) is 3. The lowest BCUT2D eigenvalue weighted by molar-refractivity contribution is -0.116. The number of nitrogens with one attached hydrogen (secondary N) is 1. The summed E-state index contributed by atoms with van der Waals surface area (Å²) in [6, 6.07) is 13.7. The second kappa shape index (κ2) is 13.3. The molecule has 0 spiro atoms. The van der Waals surface area contributed by atoms with Crippen LogP contribution in [0.25, 0.3) is 0 Å². The number of hydrogen-bond donors (Lipinski definition) is 1. The minimum atomic E-state index is -0.113. The lowest BCUT2D eigenvalue weighted by atomic mass is 9.85. The maximum Gasteiger partial charge on any atom is 0.267 e. The fourth-order valence-corrected chi connectivity index (χ4v) is 5.82. The topological polar surface area (TPSA) is 44.7 Å². The van der Waals surface area contributed by atoms with Crippen molar-refractivity contribution in [2.75, 3.05) is 5.01 Å². The molecule has 1 heterocycles. The zero-order valence-electron chi connectivity index (χ0n) is 21.0. The predicted octanol–water partition coefficient (Wildman–Crippen LogP) is 8.65. The van der Waals surface area contributed by atoms with E-state index in [-0.39, 0.29) is 18.0 Å². The van der Waals surface area contributed by atoms with Crippen molar-refractivity contribution in [3.8, 4) is 0 Å². The Balaban J connectivity index is 1.83. The van der Waals surface area contributed by atoms with Gasteiger partial charge in [-0.3, -0.25) is 9.80 Å². The van der Waals surface area contributed by atoms with Crippen molar-refractivity contribution in [2.24, 2.45) is 16.9 Å². The van der Waals surface area contributed by atoms with Crippen LogP contribution in [0.2, 0.25) is 10.0 Å². The number of hydrazone groups is 1. The molecule has 1 aliphatic rings. The summed E-state index contributed by atoms with van der Waals surface area (Å²) in [7, 11) is 0. The molecule has 0 aliphatic carbocycles. The second-order valence-electron chi connectivity index (χ2n) is 9.52. The Hall–Kier alpha value is -1.31. The van der Waals surface area contributed by atoms with Crippen LogP contribution in [-0.2, 0) is 4.79 Å². The Labute approximate surface area is 234 Å². The van der Waals surface area contributed by atoms with Gasteiger partial charge >= 0.3 is 0 Å². The molecule has 1 amide bonds. The first-order valence-corrected chi connectivity index (χ1v) is 14.5. The van der Waals surface area contributed by atoms with Gasteiger partial charge in [0.1, 0.15) is 5.71 Å². The van der Waals surface area contributed by atoms with E-state index < -0.39 is 0 Å². The molecule has 2 aromatic carbocycles. The van der Waals surface area contributed by atoms with Crippen molar-refractivity contribution in [1.29, 1.82) is 0 Å². The van der Waals surface area contributed by atoms with E-state index in [1.54, 1.807) is 12.1 Å². The van der Waals surface area contributed by atoms with Gasteiger partial charge in [-0.15, -0.1) is 0 Å². The van der Waals surface area contributed by atoms with Crippen molar-refractivity contribution in [3.63, 3.8) is 0 Å². The number of anilines is 1. The van der Waals surface area contributed by atoms with E-state index >= 15 is 0 Å². The van der Waals surface area contributed by atoms with Crippen LogP contribution in [0.1, 0.15) is 77.8 Å². The summed E-state index contributed by atoms with van der Waals surface area (Å²) in [6.45, 7) is 8.92. The maximum absolute atomic E-state index is 13.4. The highest BCUT2D eigenvalue weighted by molar-refractivity contribution is 14.1. The lowest BCUT2D eigenvalue weighted by Gasteiger charge is -2.27. The molecule has 0 bridgehead atoms. The first-order chi connectivity index (χ1) is 16.8. The van der Waals surface area contributed by atoms with Crippen LogP contribution in [0.4, 0.5) is 5.69 Å². The van der Waals surface area contributed by atoms with Crippen molar-refractivity contribution in [1.82, 2.24) is 5.32 Å². The van der Waals surface area contributed by atoms with E-state index in [9.17, 15) is 4.79 Å². The molecule has 4 unspecified atom stereocenters. The van der Waals surface area contributed by atoms with E-state index in [4.69, 9.17) is 28.3 Å². The summed E-state index contributed by atoms with van der Waals surface area (Å²) in [5.41, 5.74) is 2.37. The molecular weight excluding hydrogens is 592 g/mol. The van der Waals surface area contributed by atoms with Crippen molar-refractivity contribution < 1.29 is 4.79 Å². The Morgan fingerprint density at radius 2 is 1.86 bits per heavy atom. The Morgan fingerprint density at radius 1 is 1.14 bits per heavy atom. The van der Waals surface area contributed by atoms with Gasteiger partial charge in [0.15, 0.2) is 0 Å². The van der Waals surface area contributed by atoms with Crippen LogP contribution < -0.4 is 10.3 Å². The highest BCUT2D eigenvalue weighted by atomic mass is 127. The molecule has 7 heteroatoms. The molecule has 35 heavy (non-hydrogen) atoms. The molecule has 3 rings (SSSR count). The Morgan fingerprint density at radius 3 is 2.46 bits per heavy atom. The summed E-state index contributed by atoms with van der Waals surface area (Å²) in [5.74, 6) is 1.03. The van der Waals surface area contributed by atoms with Gasteiger partial charge in [0.25, 0.3) is 5.91 Å². The predicted molar refractivity (Wildman–Crippen MR) is 158 cm³/mol. The zero-order valence-corrected chi connectivity index (χ0v) is 24.7. The number of halogens is 3. The van der Waals surface area contributed by atoms with Gasteiger partial charge < -0.3 is 5.32 Å². The molecule has 0 saturated heterocycles. The minimum absolute atomic E-state index is 0.0877. The van der Waals surface area contributed by atoms with Crippen LogP contribution in [0.5, 0.6) is 0 Å². The molecule has 0 saturated carbocycles. The van der Waals surface area contributed by atoms with E-state index in [0.717, 1.165) is 27.7 Å². The van der Waals surface area contributed by atoms with Crippen LogP contribution in [0.3, 0.4) is 0 Å². The smallest absolute Gasteiger partial charge is 0.267 e. The van der Waals surface area contributed by atoms with Crippen LogP contribution in [-0.4, -0.2) is 17.7 Å². The van der Waals surface area contributed by atoms with E-state index in [1.165, 1.54) is 19.3 Å². The van der Waals surface area contributed by atoms with E-state index in [0.29, 0.717) is 34.0 Å². The van der Waals surface area contributed by atoms with Gasteiger partial charge in [-0.2, -0.15) is 5.10 Å². The number of carbonyl (C=O) groups is 1. The lowest BCUT2D eigenvalue weighted by Crippen LogP contribution is -2.42. The van der Waals surface area contributed by atoms with Gasteiger partial charge in [-0.1, -0.05) is 82.3 Å². The molecule has 1 N–H and O–H groups in total. The zero-order chi connectivity index (χ0) is 25.5. The number of amides is 1. The largest absolute Gasteiger partial charge is 0.348 e. The molecule has 4 nitrogen and oxygen atoms in total. The summed E-state index contributed by atoms with van der Waals surface area (Å²) in [6.07, 6.45) is 6.18. The number of carbonyl (C=O) groups excluding carboxylic acids is 1. The highest BCUT2D eigenvalue weighted by Gasteiger charge is 2.34. The Kier molecular flexibility index (Phi) is 10.7. The average Bonchev–Trinajstić information content (AvgIpc) is 3.27. The third-order valence-corrected chi connectivity index (χ3v) is 8.26. The number of benzene rings is 2. The molecule has 1 aliphatic heterocycles. The summed E-state index contributed by atoms with van der Waals surface area (Å²) < 4.78 is 1.16. The first kappa shape index (κ1) is 28.3. The first-order valence-electron chi connectivity index (χ1n) is 12.6. The standard InChI is InChI=1S/C28H36Cl2IN3O/c1-5-8-19(6-2)15-18(4)24(7-3)32-28(35)25-17-27(20-9-12-22(31)13-10-20)34(33-25)26-14-11-21(29)16-23(26)30/h9-14,16,18-19,24,27H,5-8,15,17H2,1-4H3,(H,32,35). The van der Waals surface area contributed by atoms with Gasteiger partial charge in [0.2, 0.25) is 0 Å². The van der Waals surface area contributed by atoms with Crippen molar-refractivity contribution in [3.05, 3.63) is 61.6 Å². The average molecular weight is 628 g/mol. The third-order valence-electron chi connectivity index (χ3n) is 7.01. The molecule has 0 radical (unpaired) electrons. The molecule has 0 fully saturated rings. The van der Waals surface area contributed by atoms with Crippen molar-refractivity contribution >= 4 is 63.1 Å². The van der Waals surface area contributed by atoms with Gasteiger partial charge in [-0.05, 0) is 83.2 Å². The highest BCUT2D eigenvalue weighted by Crippen LogP contribution is 2.40. The molecule has 190 valence electrons. The number of rotatable bonds is 11. The number of nitrogens with zero attached hydrogens (tertiary/aromatic N) is 2. The summed E-state index contributed by atoms with van der Waals surface area (Å²) in [5, 5.41) is 11.0. The monoisotopic (exact) mass is 627 g/mol. The third kappa shape index (κ3) is 7.36. The SMILES string of the molecule is CCCC(CC)CC(C)C(CC)NC(=O)C1=NN(c2ccc(Cl)cc2Cl)C(c2ccc(I)cc2)C1. The fraction of sp³-hybridized carbons (Fsp3) is 0.500. The summed E-state index contributed by atoms with van der Waals surface area (Å²) >= 11 is 15.0. The maximum atomic E-state index is 13.4. The Bertz CT molecular complexity index is 1030. The van der Waals surface area contributed by atoms with Gasteiger partial charge in [0.05, 0.1) is 16.8 Å². The van der Waals surface area contributed by atoms with Gasteiger partial charge in [0, 0.05) is 21.1 Å². The van der Waals surface area contributed by atoms with Gasteiger partial charge in [-0.25, -0.2) is 0 Å². The molecule has 0 aromatic heterocycles. The van der Waals surface area contributed by atoms with Crippen LogP contribution in [0, 0.1) is 15.4 Å². The normalized spacial score (nSPS) is 18.2. The molecular formula is C28H36Cl2IN3O. The van der Waals surface area contributed by atoms with E-state index in [1.807, 2.05) is 11.1 Å². The van der Waals surface area contributed by atoms with Crippen molar-refractivity contribution in [2.45, 2.75) is 78.3 Å². The minimum Gasteiger partial charge on any atom is -0.348 e. The van der Waals surface area contributed by atoms with Crippen LogP contribution >= 0.6 is 45.8 Å². The van der Waals surface area contributed by atoms with E-state index in [2.05, 4.69) is 79.9 Å². The summed E-state index contributed by atoms with van der Waals surface area (Å²) in [4.78, 5) is 13.4. The fourth-order valence-electron chi connectivity index (χ4n) is 4.97. The second-order valence-corrected chi connectivity index (χ2v) is 11.6. The quantitative estimate of drug-likeness (QED) is 0.253. The molecule has 4 atom stereocenters. The van der Waals surface area contributed by atoms with Crippen LogP contribution in [0.15, 0.2) is 47.6 Å².